The summed E-state index contributed by atoms with van der Waals surface area (Å²) in [6, 6.07) is 7.46. The highest BCUT2D eigenvalue weighted by atomic mass is 16.2. The van der Waals surface area contributed by atoms with Gasteiger partial charge in [0.05, 0.1) is 17.2 Å². The molecule has 3 aliphatic rings. The van der Waals surface area contributed by atoms with E-state index in [1.807, 2.05) is 24.0 Å². The van der Waals surface area contributed by atoms with E-state index >= 15 is 0 Å². The Morgan fingerprint density at radius 2 is 1.72 bits per heavy atom. The van der Waals surface area contributed by atoms with Crippen LogP contribution in [0, 0.1) is 6.92 Å². The van der Waals surface area contributed by atoms with Crippen molar-refractivity contribution in [2.24, 2.45) is 0 Å². The van der Waals surface area contributed by atoms with E-state index < -0.39 is 6.04 Å². The Hall–Kier alpha value is -4.23. The molecule has 244 valence electrons. The van der Waals surface area contributed by atoms with Gasteiger partial charge in [-0.25, -0.2) is 14.6 Å². The largest absolute Gasteiger partial charge is 0.338 e. The number of aryl methyl sites for hydroxylation is 1. The monoisotopic (exact) mass is 628 g/mol. The van der Waals surface area contributed by atoms with Crippen LogP contribution in [0.3, 0.4) is 0 Å². The molecule has 6 heterocycles. The molecule has 3 fully saturated rings. The van der Waals surface area contributed by atoms with Gasteiger partial charge in [-0.3, -0.25) is 24.3 Å². The second kappa shape index (κ2) is 12.9. The Labute approximate surface area is 267 Å². The predicted molar refractivity (Wildman–Crippen MR) is 176 cm³/mol. The van der Waals surface area contributed by atoms with Gasteiger partial charge in [0.15, 0.2) is 5.65 Å². The van der Waals surface area contributed by atoms with Crippen LogP contribution in [-0.4, -0.2) is 128 Å². The van der Waals surface area contributed by atoms with Gasteiger partial charge in [0, 0.05) is 69.4 Å². The zero-order valence-electron chi connectivity index (χ0n) is 26.7. The highest BCUT2D eigenvalue weighted by Gasteiger charge is 2.34. The van der Waals surface area contributed by atoms with E-state index in [4.69, 9.17) is 0 Å². The van der Waals surface area contributed by atoms with Crippen LogP contribution in [-0.2, 0) is 11.2 Å². The first-order chi connectivity index (χ1) is 22.3. The van der Waals surface area contributed by atoms with Crippen molar-refractivity contribution in [1.82, 2.24) is 49.6 Å². The van der Waals surface area contributed by atoms with Gasteiger partial charge in [0.2, 0.25) is 5.91 Å². The zero-order valence-corrected chi connectivity index (χ0v) is 26.7. The van der Waals surface area contributed by atoms with Gasteiger partial charge in [-0.15, -0.1) is 0 Å². The fourth-order valence-corrected chi connectivity index (χ4v) is 7.64. The molecule has 13 heteroatoms. The smallest absolute Gasteiger partial charge is 0.327 e. The van der Waals surface area contributed by atoms with Crippen molar-refractivity contribution >= 4 is 34.0 Å². The van der Waals surface area contributed by atoms with Crippen LogP contribution in [0.5, 0.6) is 0 Å². The summed E-state index contributed by atoms with van der Waals surface area (Å²) in [6.07, 6.45) is 7.48. The Morgan fingerprint density at radius 3 is 2.48 bits per heavy atom. The number of H-pyrrole nitrogens is 2. The van der Waals surface area contributed by atoms with Crippen molar-refractivity contribution in [1.29, 1.82) is 0 Å². The Bertz CT molecular complexity index is 1750. The predicted octanol–water partition coefficient (Wildman–Crippen LogP) is 2.11. The van der Waals surface area contributed by atoms with E-state index in [1.54, 1.807) is 21.9 Å². The fourth-order valence-electron chi connectivity index (χ4n) is 7.64. The van der Waals surface area contributed by atoms with Crippen LogP contribution in [0.25, 0.3) is 22.1 Å². The minimum absolute atomic E-state index is 0.0301. The van der Waals surface area contributed by atoms with E-state index in [0.717, 1.165) is 53.7 Å². The molecule has 4 aromatic rings. The molecule has 0 radical (unpaired) electrons. The first kappa shape index (κ1) is 30.4. The van der Waals surface area contributed by atoms with Crippen molar-refractivity contribution in [3.8, 4) is 0 Å². The number of amides is 3. The van der Waals surface area contributed by atoms with E-state index in [2.05, 4.69) is 54.5 Å². The average molecular weight is 629 g/mol. The summed E-state index contributed by atoms with van der Waals surface area (Å²) in [5.41, 5.74) is 4.20. The van der Waals surface area contributed by atoms with E-state index in [9.17, 15) is 14.4 Å². The summed E-state index contributed by atoms with van der Waals surface area (Å²) in [5, 5.41) is 11.4. The Morgan fingerprint density at radius 1 is 0.978 bits per heavy atom. The highest BCUT2D eigenvalue weighted by Crippen LogP contribution is 2.25. The Balaban J connectivity index is 1.03. The molecule has 1 atom stereocenters. The minimum Gasteiger partial charge on any atom is -0.338 e. The summed E-state index contributed by atoms with van der Waals surface area (Å²) in [6.45, 7) is 8.29. The second-order valence-corrected chi connectivity index (χ2v) is 13.2. The molecule has 3 saturated heterocycles. The van der Waals surface area contributed by atoms with Crippen molar-refractivity contribution in [3.05, 3.63) is 58.3 Å². The van der Waals surface area contributed by atoms with Gasteiger partial charge in [-0.1, -0.05) is 6.07 Å². The highest BCUT2D eigenvalue weighted by molar-refractivity contribution is 5.88. The van der Waals surface area contributed by atoms with E-state index in [0.29, 0.717) is 57.1 Å². The topological polar surface area (TPSA) is 138 Å². The van der Waals surface area contributed by atoms with Gasteiger partial charge < -0.3 is 20.0 Å². The number of nitrogens with one attached hydrogen (secondary N) is 3. The number of aromatic nitrogens is 5. The average Bonchev–Trinajstić information content (AvgIpc) is 3.68. The van der Waals surface area contributed by atoms with Crippen LogP contribution >= 0.6 is 0 Å². The number of carbonyl (C=O) groups is 2. The molecule has 13 nitrogen and oxygen atoms in total. The zero-order chi connectivity index (χ0) is 31.8. The van der Waals surface area contributed by atoms with Crippen LogP contribution in [0.1, 0.15) is 42.9 Å². The number of fused-ring (bicyclic) bond motifs is 2. The molecule has 0 unspecified atom stereocenters. The van der Waals surface area contributed by atoms with Gasteiger partial charge in [-0.2, -0.15) is 5.10 Å². The third kappa shape index (κ3) is 6.13. The quantitative estimate of drug-likeness (QED) is 0.297. The summed E-state index contributed by atoms with van der Waals surface area (Å²) in [7, 11) is 2.18. The van der Waals surface area contributed by atoms with Crippen LogP contribution < -0.4 is 11.0 Å². The molecule has 0 saturated carbocycles. The molecule has 46 heavy (non-hydrogen) atoms. The van der Waals surface area contributed by atoms with Crippen molar-refractivity contribution in [2.45, 2.75) is 57.2 Å². The molecular weight excluding hydrogens is 584 g/mol. The number of rotatable bonds is 6. The fraction of sp³-hybridized carbons (Fsp3) is 0.545. The maximum atomic E-state index is 14.1. The van der Waals surface area contributed by atoms with Crippen LogP contribution in [0.4, 0.5) is 4.79 Å². The van der Waals surface area contributed by atoms with E-state index in [-0.39, 0.29) is 23.7 Å². The summed E-state index contributed by atoms with van der Waals surface area (Å²) >= 11 is 0. The van der Waals surface area contributed by atoms with Gasteiger partial charge in [0.25, 0.3) is 0 Å². The lowest BCUT2D eigenvalue weighted by Crippen LogP contribution is -2.59. The van der Waals surface area contributed by atoms with Crippen molar-refractivity contribution in [3.63, 3.8) is 0 Å². The molecule has 0 spiro atoms. The molecule has 3 aromatic heterocycles. The number of benzene rings is 1. The summed E-state index contributed by atoms with van der Waals surface area (Å²) in [4.78, 5) is 56.3. The molecule has 1 aromatic carbocycles. The van der Waals surface area contributed by atoms with Gasteiger partial charge in [0.1, 0.15) is 6.04 Å². The number of urea groups is 1. The normalized spacial score (nSPS) is 20.0. The lowest BCUT2D eigenvalue weighted by atomic mass is 9.99. The number of carbonyl (C=O) groups excluding carboxylic acids is 2. The molecule has 0 aliphatic carbocycles. The number of piperidine rings is 2. The summed E-state index contributed by atoms with van der Waals surface area (Å²) < 4.78 is 1.77. The standard InChI is InChI=1S/C33H44N10O3/c1-22-18-23(19-24-21-35-38-29(22)24)20-27(31(44)41-16-14-40(15-17-41)25-5-10-39(2)11-6-25)36-32(45)42-12-7-26(8-13-42)43-28-4-3-9-34-30(28)37-33(43)46/h3-4,9,18-19,21,25-27H,5-8,10-17,20H2,1-2H3,(H,35,38)(H,36,45)(H,34,37,46)/t27-/m1/s1. The number of imidazole rings is 1. The third-order valence-electron chi connectivity index (χ3n) is 10.3. The maximum absolute atomic E-state index is 14.1. The van der Waals surface area contributed by atoms with Gasteiger partial charge in [-0.05, 0) is 82.1 Å². The van der Waals surface area contributed by atoms with Crippen molar-refractivity contribution < 1.29 is 9.59 Å². The van der Waals surface area contributed by atoms with Crippen LogP contribution in [0.15, 0.2) is 41.5 Å². The number of hydrogen-bond donors (Lipinski definition) is 3. The molecule has 3 amide bonds. The second-order valence-electron chi connectivity index (χ2n) is 13.2. The summed E-state index contributed by atoms with van der Waals surface area (Å²) in [5.74, 6) is -0.0333. The van der Waals surface area contributed by atoms with Crippen molar-refractivity contribution in [2.75, 3.05) is 59.4 Å². The lowest BCUT2D eigenvalue weighted by Gasteiger charge is -2.43. The molecule has 3 N–H and O–H groups in total. The molecular formula is C33H44N10O3. The number of piperazine rings is 1. The number of likely N-dealkylation sites (tertiary alicyclic amines) is 2. The number of aromatic amines is 2. The number of nitrogens with zero attached hydrogens (tertiary/aromatic N) is 7. The van der Waals surface area contributed by atoms with Gasteiger partial charge >= 0.3 is 11.7 Å². The molecule has 7 rings (SSSR count). The number of hydrogen-bond acceptors (Lipinski definition) is 7. The lowest BCUT2D eigenvalue weighted by molar-refractivity contribution is -0.135. The molecule has 3 aliphatic heterocycles. The first-order valence-electron chi connectivity index (χ1n) is 16.6. The van der Waals surface area contributed by atoms with Crippen LogP contribution in [0.2, 0.25) is 0 Å². The SMILES string of the molecule is Cc1cc(C[C@@H](NC(=O)N2CCC(n3c(=O)[nH]c4ncccc43)CC2)C(=O)N2CCN(C3CCN(C)CC3)CC2)cc2cn[nH]c12. The minimum atomic E-state index is -0.689. The molecule has 0 bridgehead atoms. The third-order valence-corrected chi connectivity index (χ3v) is 10.3. The number of pyridine rings is 1. The maximum Gasteiger partial charge on any atom is 0.327 e. The first-order valence-corrected chi connectivity index (χ1v) is 16.6. The Kier molecular flexibility index (Phi) is 8.52. The van der Waals surface area contributed by atoms with E-state index in [1.165, 1.54) is 12.8 Å².